The molecule has 1 aromatic heterocycles. The van der Waals surface area contributed by atoms with E-state index >= 15 is 0 Å². The number of sulfonamides is 1. The molecule has 4 rings (SSSR count). The Labute approximate surface area is 236 Å². The second-order valence-corrected chi connectivity index (χ2v) is 12.0. The lowest BCUT2D eigenvalue weighted by molar-refractivity contribution is -0.119. The van der Waals surface area contributed by atoms with Crippen molar-refractivity contribution in [3.05, 3.63) is 71.1 Å². The highest BCUT2D eigenvalue weighted by Crippen LogP contribution is 2.36. The van der Waals surface area contributed by atoms with E-state index in [-0.39, 0.29) is 52.9 Å². The summed E-state index contributed by atoms with van der Waals surface area (Å²) in [6.07, 6.45) is -0.525. The lowest BCUT2D eigenvalue weighted by Gasteiger charge is -2.34. The minimum absolute atomic E-state index is 0.0158. The molecule has 10 nitrogen and oxygen atoms in total. The number of rotatable bonds is 9. The van der Waals surface area contributed by atoms with Crippen molar-refractivity contribution in [2.24, 2.45) is 0 Å². The summed E-state index contributed by atoms with van der Waals surface area (Å²) in [5, 5.41) is 4.63. The number of esters is 2. The van der Waals surface area contributed by atoms with E-state index in [1.165, 1.54) is 28.6 Å². The van der Waals surface area contributed by atoms with Crippen LogP contribution in [0.1, 0.15) is 41.5 Å². The number of hydrogen-bond donors (Lipinski definition) is 1. The van der Waals surface area contributed by atoms with Gasteiger partial charge in [0.15, 0.2) is 6.61 Å². The Morgan fingerprint density at radius 2 is 1.70 bits per heavy atom. The third-order valence-corrected chi connectivity index (χ3v) is 8.76. The highest BCUT2D eigenvalue weighted by Gasteiger charge is 2.32. The number of hydrogen-bond acceptors (Lipinski definition) is 9. The second kappa shape index (κ2) is 12.7. The molecule has 0 radical (unpaired) electrons. The second-order valence-electron chi connectivity index (χ2n) is 9.17. The van der Waals surface area contributed by atoms with Gasteiger partial charge in [-0.3, -0.25) is 4.79 Å². The van der Waals surface area contributed by atoms with E-state index in [0.717, 1.165) is 16.9 Å². The van der Waals surface area contributed by atoms with Crippen molar-refractivity contribution < 1.29 is 37.0 Å². The van der Waals surface area contributed by atoms with Gasteiger partial charge in [-0.15, -0.1) is 11.3 Å². The fraction of sp³-hybridized carbons (Fsp3) is 0.321. The van der Waals surface area contributed by atoms with Crippen molar-refractivity contribution in [2.45, 2.75) is 37.9 Å². The van der Waals surface area contributed by atoms with E-state index in [0.29, 0.717) is 5.56 Å². The molecule has 1 saturated heterocycles. The van der Waals surface area contributed by atoms with Gasteiger partial charge >= 0.3 is 11.9 Å². The maximum absolute atomic E-state index is 13.2. The summed E-state index contributed by atoms with van der Waals surface area (Å²) in [6.45, 7) is 5.19. The number of benzene rings is 2. The van der Waals surface area contributed by atoms with Crippen LogP contribution in [0.15, 0.2) is 64.9 Å². The molecular weight excluding hydrogens is 556 g/mol. The van der Waals surface area contributed by atoms with Crippen molar-refractivity contribution in [3.8, 4) is 11.1 Å². The van der Waals surface area contributed by atoms with Crippen molar-refractivity contribution >= 4 is 44.2 Å². The van der Waals surface area contributed by atoms with Gasteiger partial charge in [0, 0.05) is 24.0 Å². The Hall–Kier alpha value is -3.58. The maximum Gasteiger partial charge on any atom is 0.341 e. The zero-order valence-corrected chi connectivity index (χ0v) is 23.9. The summed E-state index contributed by atoms with van der Waals surface area (Å²) in [7, 11) is -3.87. The molecule has 2 unspecified atom stereocenters. The highest BCUT2D eigenvalue weighted by molar-refractivity contribution is 7.89. The molecule has 2 aromatic carbocycles. The Morgan fingerprint density at radius 1 is 1.00 bits per heavy atom. The summed E-state index contributed by atoms with van der Waals surface area (Å²) in [6, 6.07) is 14.7. The monoisotopic (exact) mass is 586 g/mol. The van der Waals surface area contributed by atoms with E-state index in [1.807, 2.05) is 30.3 Å². The van der Waals surface area contributed by atoms with Crippen LogP contribution in [0.4, 0.5) is 5.00 Å². The number of ether oxygens (including phenoxy) is 3. The fourth-order valence-corrected chi connectivity index (χ4v) is 6.93. The summed E-state index contributed by atoms with van der Waals surface area (Å²) in [5.41, 5.74) is 1.59. The Morgan fingerprint density at radius 3 is 2.38 bits per heavy atom. The molecule has 3 aromatic rings. The molecule has 1 aliphatic rings. The molecule has 2 heterocycles. The molecule has 1 amide bonds. The van der Waals surface area contributed by atoms with Gasteiger partial charge in [-0.25, -0.2) is 18.0 Å². The quantitative estimate of drug-likeness (QED) is 0.370. The summed E-state index contributed by atoms with van der Waals surface area (Å²) >= 11 is 1.15. The number of morpholine rings is 1. The first-order chi connectivity index (χ1) is 19.1. The minimum Gasteiger partial charge on any atom is -0.462 e. The van der Waals surface area contributed by atoms with E-state index in [9.17, 15) is 22.8 Å². The number of carbonyl (C=O) groups is 3. The van der Waals surface area contributed by atoms with Crippen molar-refractivity contribution in [1.29, 1.82) is 0 Å². The summed E-state index contributed by atoms with van der Waals surface area (Å²) in [5.74, 6) is -2.12. The van der Waals surface area contributed by atoms with Crippen molar-refractivity contribution in [2.75, 3.05) is 31.6 Å². The third-order valence-electron chi connectivity index (χ3n) is 6.04. The average Bonchev–Trinajstić information content (AvgIpc) is 3.35. The number of anilines is 1. The number of nitrogens with one attached hydrogen (secondary N) is 1. The van der Waals surface area contributed by atoms with Gasteiger partial charge in [0.1, 0.15) is 10.6 Å². The molecule has 0 spiro atoms. The van der Waals surface area contributed by atoms with E-state index < -0.39 is 34.5 Å². The third kappa shape index (κ3) is 6.76. The largest absolute Gasteiger partial charge is 0.462 e. The first kappa shape index (κ1) is 29.4. The lowest BCUT2D eigenvalue weighted by atomic mass is 10.0. The average molecular weight is 587 g/mol. The van der Waals surface area contributed by atoms with Crippen LogP contribution in [-0.2, 0) is 29.0 Å². The standard InChI is InChI=1S/C28H30N2O8S2/c1-4-36-28(33)25-23(20-9-6-5-7-10-20)17-39-26(25)29-24(31)16-37-27(32)21-11-8-12-22(13-21)40(34,35)30-14-18(2)38-19(3)15-30/h5-13,17-19H,4,14-16H2,1-3H3,(H,29,31). The summed E-state index contributed by atoms with van der Waals surface area (Å²) < 4.78 is 43.7. The van der Waals surface area contributed by atoms with Crippen LogP contribution in [-0.4, -0.2) is 69.1 Å². The Kier molecular flexibility index (Phi) is 9.36. The van der Waals surface area contributed by atoms with Crippen LogP contribution in [0.25, 0.3) is 11.1 Å². The first-order valence-electron chi connectivity index (χ1n) is 12.7. The molecule has 12 heteroatoms. The number of carbonyl (C=O) groups excluding carboxylic acids is 3. The van der Waals surface area contributed by atoms with Gasteiger partial charge in [-0.2, -0.15) is 4.31 Å². The molecule has 40 heavy (non-hydrogen) atoms. The zero-order chi connectivity index (χ0) is 28.9. The molecule has 212 valence electrons. The van der Waals surface area contributed by atoms with Crippen LogP contribution in [0.5, 0.6) is 0 Å². The molecule has 2 atom stereocenters. The Bertz CT molecular complexity index is 1480. The van der Waals surface area contributed by atoms with Gasteiger partial charge < -0.3 is 19.5 Å². The Balaban J connectivity index is 1.44. The molecule has 0 bridgehead atoms. The van der Waals surface area contributed by atoms with Crippen LogP contribution < -0.4 is 5.32 Å². The molecule has 0 aliphatic carbocycles. The number of amides is 1. The minimum atomic E-state index is -3.87. The molecule has 0 saturated carbocycles. The normalized spacial score (nSPS) is 17.7. The summed E-state index contributed by atoms with van der Waals surface area (Å²) in [4.78, 5) is 38.0. The molecule has 1 fully saturated rings. The maximum atomic E-state index is 13.2. The molecule has 1 N–H and O–H groups in total. The van der Waals surface area contributed by atoms with Crippen molar-refractivity contribution in [3.63, 3.8) is 0 Å². The predicted octanol–water partition coefficient (Wildman–Crippen LogP) is 4.19. The van der Waals surface area contributed by atoms with Crippen molar-refractivity contribution in [1.82, 2.24) is 4.31 Å². The predicted molar refractivity (Wildman–Crippen MR) is 150 cm³/mol. The topological polar surface area (TPSA) is 128 Å². The van der Waals surface area contributed by atoms with Crippen LogP contribution >= 0.6 is 11.3 Å². The zero-order valence-electron chi connectivity index (χ0n) is 22.3. The fourth-order valence-electron chi connectivity index (χ4n) is 4.32. The van der Waals surface area contributed by atoms with E-state index in [2.05, 4.69) is 5.32 Å². The van der Waals surface area contributed by atoms with Gasteiger partial charge in [0.25, 0.3) is 5.91 Å². The van der Waals surface area contributed by atoms with E-state index in [4.69, 9.17) is 14.2 Å². The van der Waals surface area contributed by atoms with Gasteiger partial charge in [0.05, 0.1) is 29.3 Å². The van der Waals surface area contributed by atoms with Gasteiger partial charge in [0.2, 0.25) is 10.0 Å². The van der Waals surface area contributed by atoms with E-state index in [1.54, 1.807) is 26.2 Å². The smallest absolute Gasteiger partial charge is 0.341 e. The first-order valence-corrected chi connectivity index (χ1v) is 15.0. The van der Waals surface area contributed by atoms with Gasteiger partial charge in [-0.1, -0.05) is 36.4 Å². The number of thiophene rings is 1. The lowest BCUT2D eigenvalue weighted by Crippen LogP contribution is -2.48. The SMILES string of the molecule is CCOC(=O)c1c(-c2ccccc2)csc1NC(=O)COC(=O)c1cccc(S(=O)(=O)N2CC(C)OC(C)C2)c1. The molecular formula is C28H30N2O8S2. The number of nitrogens with zero attached hydrogens (tertiary/aromatic N) is 1. The molecule has 1 aliphatic heterocycles. The van der Waals surface area contributed by atoms with Crippen LogP contribution in [0, 0.1) is 0 Å². The highest BCUT2D eigenvalue weighted by atomic mass is 32.2. The van der Waals surface area contributed by atoms with Crippen LogP contribution in [0.3, 0.4) is 0 Å². The van der Waals surface area contributed by atoms with Crippen LogP contribution in [0.2, 0.25) is 0 Å². The van der Waals surface area contributed by atoms with Gasteiger partial charge in [-0.05, 0) is 44.5 Å².